The average molecular weight is 483 g/mol. The number of carbonyl (C=O) groups is 2. The average Bonchev–Trinajstić information content (AvgIpc) is 3.30. The molecule has 186 valence electrons. The van der Waals surface area contributed by atoms with Crippen LogP contribution in [-0.2, 0) is 14.3 Å². The monoisotopic (exact) mass is 482 g/mol. The Hall–Kier alpha value is -3.79. The second-order valence-electron chi connectivity index (χ2n) is 7.94. The van der Waals surface area contributed by atoms with E-state index in [1.165, 1.54) is 6.92 Å². The smallest absolute Gasteiger partial charge is 0.360 e. The second kappa shape index (κ2) is 11.1. The lowest BCUT2D eigenvalue weighted by atomic mass is 10.2. The first kappa shape index (κ1) is 24.3. The fraction of sp³-hybridized carbons (Fsp3) is 0.400. The van der Waals surface area contributed by atoms with E-state index < -0.39 is 18.0 Å². The van der Waals surface area contributed by atoms with Crippen LogP contribution in [0.25, 0.3) is 10.9 Å². The molecule has 3 aromatic rings. The summed E-state index contributed by atoms with van der Waals surface area (Å²) in [4.78, 5) is 27.8. The normalized spacial score (nSPS) is 14.4. The van der Waals surface area contributed by atoms with Crippen LogP contribution in [0.15, 0.2) is 36.4 Å². The SMILES string of the molecule is CCOc1cc(N2CCOCC2)c(OCC)cc1NC(=O)[C@@H](C)OC(=O)c1n[nH]c2ccccc12. The van der Waals surface area contributed by atoms with Gasteiger partial charge in [-0.3, -0.25) is 9.89 Å². The zero-order valence-corrected chi connectivity index (χ0v) is 20.1. The number of rotatable bonds is 9. The highest BCUT2D eigenvalue weighted by Gasteiger charge is 2.25. The van der Waals surface area contributed by atoms with Crippen LogP contribution in [0.3, 0.4) is 0 Å². The number of hydrogen-bond acceptors (Lipinski definition) is 8. The molecule has 0 unspecified atom stereocenters. The maximum absolute atomic E-state index is 13.0. The highest BCUT2D eigenvalue weighted by atomic mass is 16.5. The Kier molecular flexibility index (Phi) is 7.71. The number of anilines is 2. The molecule has 0 aliphatic carbocycles. The van der Waals surface area contributed by atoms with Gasteiger partial charge in [-0.25, -0.2) is 4.79 Å². The zero-order chi connectivity index (χ0) is 24.8. The number of hydrogen-bond donors (Lipinski definition) is 2. The van der Waals surface area contributed by atoms with E-state index in [9.17, 15) is 9.59 Å². The van der Waals surface area contributed by atoms with Crippen molar-refractivity contribution in [3.8, 4) is 11.5 Å². The summed E-state index contributed by atoms with van der Waals surface area (Å²) >= 11 is 0. The van der Waals surface area contributed by atoms with Crippen molar-refractivity contribution in [1.29, 1.82) is 0 Å². The van der Waals surface area contributed by atoms with Crippen molar-refractivity contribution < 1.29 is 28.5 Å². The second-order valence-corrected chi connectivity index (χ2v) is 7.94. The first-order valence-electron chi connectivity index (χ1n) is 11.7. The number of aromatic amines is 1. The third-order valence-corrected chi connectivity index (χ3v) is 5.59. The number of nitrogens with zero attached hydrogens (tertiary/aromatic N) is 2. The van der Waals surface area contributed by atoms with E-state index in [4.69, 9.17) is 18.9 Å². The molecule has 2 heterocycles. The Morgan fingerprint density at radius 3 is 2.57 bits per heavy atom. The van der Waals surface area contributed by atoms with Crippen molar-refractivity contribution in [2.75, 3.05) is 49.7 Å². The summed E-state index contributed by atoms with van der Waals surface area (Å²) in [7, 11) is 0. The molecule has 0 saturated carbocycles. The number of ether oxygens (including phenoxy) is 4. The molecule has 1 aromatic heterocycles. The molecule has 2 aromatic carbocycles. The van der Waals surface area contributed by atoms with Crippen LogP contribution in [-0.4, -0.2) is 67.7 Å². The van der Waals surface area contributed by atoms with Crippen molar-refractivity contribution in [1.82, 2.24) is 10.2 Å². The fourth-order valence-electron chi connectivity index (χ4n) is 3.87. The maximum atomic E-state index is 13.0. The Bertz CT molecular complexity index is 1190. The predicted molar refractivity (Wildman–Crippen MR) is 131 cm³/mol. The number of nitrogens with one attached hydrogen (secondary N) is 2. The molecule has 1 aliphatic rings. The molecule has 1 saturated heterocycles. The van der Waals surface area contributed by atoms with Crippen molar-refractivity contribution in [2.24, 2.45) is 0 Å². The van der Waals surface area contributed by atoms with Gasteiger partial charge in [-0.05, 0) is 26.8 Å². The summed E-state index contributed by atoms with van der Waals surface area (Å²) in [5.41, 5.74) is 2.15. The molecule has 2 N–H and O–H groups in total. The number of carbonyl (C=O) groups excluding carboxylic acids is 2. The molecular formula is C25H30N4O6. The predicted octanol–water partition coefficient (Wildman–Crippen LogP) is 3.38. The fourth-order valence-corrected chi connectivity index (χ4v) is 3.87. The van der Waals surface area contributed by atoms with E-state index in [0.717, 1.165) is 18.8 Å². The van der Waals surface area contributed by atoms with Crippen molar-refractivity contribution in [3.05, 3.63) is 42.1 Å². The zero-order valence-electron chi connectivity index (χ0n) is 20.1. The number of esters is 1. The highest BCUT2D eigenvalue weighted by molar-refractivity contribution is 6.03. The maximum Gasteiger partial charge on any atom is 0.360 e. The van der Waals surface area contributed by atoms with Crippen LogP contribution in [0.2, 0.25) is 0 Å². The van der Waals surface area contributed by atoms with Gasteiger partial charge in [0, 0.05) is 30.6 Å². The number of amides is 1. The molecule has 0 spiro atoms. The summed E-state index contributed by atoms with van der Waals surface area (Å²) in [6.45, 7) is 8.87. The molecule has 10 heteroatoms. The Labute approximate surface area is 203 Å². The molecule has 0 bridgehead atoms. The van der Waals surface area contributed by atoms with Crippen LogP contribution in [0.4, 0.5) is 11.4 Å². The number of morpholine rings is 1. The first-order valence-corrected chi connectivity index (χ1v) is 11.7. The van der Waals surface area contributed by atoms with E-state index in [0.29, 0.717) is 54.5 Å². The van der Waals surface area contributed by atoms with Crippen LogP contribution in [0, 0.1) is 0 Å². The molecule has 1 atom stereocenters. The Morgan fingerprint density at radius 2 is 1.83 bits per heavy atom. The topological polar surface area (TPSA) is 115 Å². The molecule has 1 amide bonds. The molecule has 4 rings (SSSR count). The number of fused-ring (bicyclic) bond motifs is 1. The summed E-state index contributed by atoms with van der Waals surface area (Å²) in [5, 5.41) is 10.3. The molecular weight excluding hydrogens is 452 g/mol. The van der Waals surface area contributed by atoms with E-state index in [1.807, 2.05) is 26.0 Å². The third kappa shape index (κ3) is 5.48. The van der Waals surface area contributed by atoms with E-state index >= 15 is 0 Å². The van der Waals surface area contributed by atoms with Crippen molar-refractivity contribution >= 4 is 34.2 Å². The summed E-state index contributed by atoms with van der Waals surface area (Å²) in [6.07, 6.45) is -1.07. The van der Waals surface area contributed by atoms with Gasteiger partial charge in [0.25, 0.3) is 5.91 Å². The van der Waals surface area contributed by atoms with Crippen molar-refractivity contribution in [2.45, 2.75) is 26.9 Å². The molecule has 1 fully saturated rings. The molecule has 35 heavy (non-hydrogen) atoms. The van der Waals surface area contributed by atoms with Crippen LogP contribution < -0.4 is 19.7 Å². The minimum absolute atomic E-state index is 0.128. The molecule has 10 nitrogen and oxygen atoms in total. The van der Waals surface area contributed by atoms with Gasteiger partial charge in [0.05, 0.1) is 43.3 Å². The molecule has 0 radical (unpaired) electrons. The lowest BCUT2D eigenvalue weighted by molar-refractivity contribution is -0.123. The largest absolute Gasteiger partial charge is 0.492 e. The lowest BCUT2D eigenvalue weighted by Crippen LogP contribution is -2.36. The number of aromatic nitrogens is 2. The van der Waals surface area contributed by atoms with Crippen LogP contribution in [0.1, 0.15) is 31.3 Å². The summed E-state index contributed by atoms with van der Waals surface area (Å²) in [6, 6.07) is 10.8. The Balaban J connectivity index is 1.52. The Morgan fingerprint density at radius 1 is 1.11 bits per heavy atom. The highest BCUT2D eigenvalue weighted by Crippen LogP contribution is 2.39. The number of para-hydroxylation sites is 1. The van der Waals surface area contributed by atoms with Crippen LogP contribution >= 0.6 is 0 Å². The van der Waals surface area contributed by atoms with Gasteiger partial charge in [-0.1, -0.05) is 18.2 Å². The standard InChI is InChI=1S/C25H30N4O6/c1-4-33-21-15-20(29-10-12-32-13-11-29)22(34-5-2)14-19(21)26-24(30)16(3)35-25(31)23-17-8-6-7-9-18(17)27-28-23/h6-9,14-16H,4-5,10-13H2,1-3H3,(H,26,30)(H,27,28)/t16-/m1/s1. The van der Waals surface area contributed by atoms with Gasteiger partial charge >= 0.3 is 5.97 Å². The minimum Gasteiger partial charge on any atom is -0.492 e. The van der Waals surface area contributed by atoms with Gasteiger partial charge in [-0.15, -0.1) is 0 Å². The van der Waals surface area contributed by atoms with Gasteiger partial charge < -0.3 is 29.2 Å². The van der Waals surface area contributed by atoms with E-state index in [2.05, 4.69) is 20.4 Å². The summed E-state index contributed by atoms with van der Waals surface area (Å²) in [5.74, 6) is -0.0584. The van der Waals surface area contributed by atoms with E-state index in [1.54, 1.807) is 24.3 Å². The number of benzene rings is 2. The first-order chi connectivity index (χ1) is 17.0. The quantitative estimate of drug-likeness (QED) is 0.446. The van der Waals surface area contributed by atoms with Crippen LogP contribution in [0.5, 0.6) is 11.5 Å². The minimum atomic E-state index is -1.07. The van der Waals surface area contributed by atoms with Gasteiger partial charge in [0.2, 0.25) is 0 Å². The number of H-pyrrole nitrogens is 1. The van der Waals surface area contributed by atoms with Gasteiger partial charge in [0.15, 0.2) is 11.8 Å². The molecule has 1 aliphatic heterocycles. The summed E-state index contributed by atoms with van der Waals surface area (Å²) < 4.78 is 22.6. The van der Waals surface area contributed by atoms with E-state index in [-0.39, 0.29) is 5.69 Å². The lowest BCUT2D eigenvalue weighted by Gasteiger charge is -2.31. The van der Waals surface area contributed by atoms with Gasteiger partial charge in [0.1, 0.15) is 11.5 Å². The van der Waals surface area contributed by atoms with Crippen molar-refractivity contribution in [3.63, 3.8) is 0 Å². The van der Waals surface area contributed by atoms with Gasteiger partial charge in [-0.2, -0.15) is 5.10 Å². The third-order valence-electron chi connectivity index (χ3n) is 5.59.